The average Bonchev–Trinajstić information content (AvgIpc) is 3.40. The number of hydrogen-bond acceptors (Lipinski definition) is 6. The van der Waals surface area contributed by atoms with Gasteiger partial charge in [0.25, 0.3) is 0 Å². The lowest BCUT2D eigenvalue weighted by atomic mass is 9.74. The molecular weight excluding hydrogens is 512 g/mol. The summed E-state index contributed by atoms with van der Waals surface area (Å²) < 4.78 is 0. The number of anilines is 1. The van der Waals surface area contributed by atoms with Crippen LogP contribution in [0.15, 0.2) is 24.3 Å². The first kappa shape index (κ1) is 32.0. The molecular formula is C34H56N4O3. The Morgan fingerprint density at radius 3 is 2.39 bits per heavy atom. The van der Waals surface area contributed by atoms with Crippen LogP contribution in [0.1, 0.15) is 113 Å². The molecule has 7 heteroatoms. The topological polar surface area (TPSA) is 111 Å². The fourth-order valence-electron chi connectivity index (χ4n) is 7.14. The number of carbonyl (C=O) groups is 1. The van der Waals surface area contributed by atoms with Crippen LogP contribution >= 0.6 is 0 Å². The molecule has 1 amide bonds. The van der Waals surface area contributed by atoms with Gasteiger partial charge in [-0.05, 0) is 49.1 Å². The van der Waals surface area contributed by atoms with Crippen LogP contribution in [0.3, 0.4) is 0 Å². The zero-order valence-electron chi connectivity index (χ0n) is 25.5. The molecule has 0 saturated carbocycles. The minimum absolute atomic E-state index is 0.149. The molecule has 0 spiro atoms. The van der Waals surface area contributed by atoms with Crippen molar-refractivity contribution < 1.29 is 15.0 Å². The molecule has 2 heterocycles. The molecule has 5 atom stereocenters. The summed E-state index contributed by atoms with van der Waals surface area (Å²) in [7, 11) is 2.25. The maximum absolute atomic E-state index is 12.5. The van der Waals surface area contributed by atoms with Crippen molar-refractivity contribution in [2.75, 3.05) is 38.6 Å². The number of nitrogens with zero attached hydrogens (tertiary/aromatic N) is 1. The van der Waals surface area contributed by atoms with Crippen molar-refractivity contribution in [3.8, 4) is 0 Å². The first-order valence-electron chi connectivity index (χ1n) is 16.6. The van der Waals surface area contributed by atoms with Gasteiger partial charge in [0.2, 0.25) is 5.91 Å². The van der Waals surface area contributed by atoms with Crippen molar-refractivity contribution in [2.45, 2.75) is 120 Å². The molecule has 0 radical (unpaired) electrons. The number of likely N-dealkylation sites (N-methyl/N-ethyl adjacent to an activating group) is 1. The van der Waals surface area contributed by atoms with E-state index in [-0.39, 0.29) is 12.5 Å². The van der Waals surface area contributed by atoms with Crippen LogP contribution in [-0.2, 0) is 4.79 Å². The molecule has 0 fully saturated rings. The molecule has 0 aromatic heterocycles. The fourth-order valence-corrected chi connectivity index (χ4v) is 7.14. The van der Waals surface area contributed by atoms with Gasteiger partial charge in [-0.25, -0.2) is 0 Å². The molecule has 0 saturated heterocycles. The largest absolute Gasteiger partial charge is 0.395 e. The monoisotopic (exact) mass is 568 g/mol. The number of benzene rings is 1. The van der Waals surface area contributed by atoms with Crippen molar-refractivity contribution >= 4 is 17.2 Å². The van der Waals surface area contributed by atoms with Crippen LogP contribution in [-0.4, -0.2) is 72.5 Å². The highest BCUT2D eigenvalue weighted by Crippen LogP contribution is 2.48. The molecule has 41 heavy (non-hydrogen) atoms. The zero-order chi connectivity index (χ0) is 29.0. The number of nitrogens with two attached hydrogens (primary N) is 1. The average molecular weight is 569 g/mol. The van der Waals surface area contributed by atoms with E-state index < -0.39 is 12.1 Å². The van der Waals surface area contributed by atoms with Crippen LogP contribution in [0.2, 0.25) is 0 Å². The number of rotatable bonds is 19. The Morgan fingerprint density at radius 1 is 1.05 bits per heavy atom. The minimum atomic E-state index is -0.576. The van der Waals surface area contributed by atoms with E-state index in [9.17, 15) is 9.90 Å². The van der Waals surface area contributed by atoms with Crippen LogP contribution in [0.4, 0.5) is 5.69 Å². The fraction of sp³-hybridized carbons (Fsp3) is 0.735. The Kier molecular flexibility index (Phi) is 13.0. The maximum atomic E-state index is 12.5. The third-order valence-electron chi connectivity index (χ3n) is 9.62. The molecule has 0 bridgehead atoms. The Balaban J connectivity index is 1.00. The van der Waals surface area contributed by atoms with Crippen molar-refractivity contribution in [1.82, 2.24) is 10.2 Å². The number of carbonyl (C=O) groups excluding carboxylic acids is 1. The third-order valence-corrected chi connectivity index (χ3v) is 9.62. The smallest absolute Gasteiger partial charge is 0.220 e. The van der Waals surface area contributed by atoms with Crippen LogP contribution < -0.4 is 16.4 Å². The van der Waals surface area contributed by atoms with Crippen LogP contribution in [0, 0.1) is 5.92 Å². The summed E-state index contributed by atoms with van der Waals surface area (Å²) >= 11 is 0. The summed E-state index contributed by atoms with van der Waals surface area (Å²) in [5, 5.41) is 25.5. The van der Waals surface area contributed by atoms with Gasteiger partial charge in [-0.15, -0.1) is 0 Å². The van der Waals surface area contributed by atoms with E-state index >= 15 is 0 Å². The minimum Gasteiger partial charge on any atom is -0.395 e. The normalized spacial score (nSPS) is 22.8. The van der Waals surface area contributed by atoms with Gasteiger partial charge in [0.15, 0.2) is 0 Å². The van der Waals surface area contributed by atoms with Gasteiger partial charge in [-0.1, -0.05) is 88.8 Å². The van der Waals surface area contributed by atoms with Gasteiger partial charge in [-0.3, -0.25) is 9.69 Å². The van der Waals surface area contributed by atoms with Crippen molar-refractivity contribution in [3.05, 3.63) is 35.4 Å². The molecule has 3 aliphatic rings. The summed E-state index contributed by atoms with van der Waals surface area (Å²) in [5.74, 6) is 1.18. The Labute approximate surface area is 248 Å². The molecule has 3 unspecified atom stereocenters. The van der Waals surface area contributed by atoms with Crippen molar-refractivity contribution in [1.29, 1.82) is 0 Å². The lowest BCUT2D eigenvalue weighted by molar-refractivity contribution is -0.121. The SMILES string of the molecule is CN1C[C@H](CNC(=O)CCCCCCCCCCCCCCC(O)C(N)CO)C=C2c3cccc4c3C(CN4)C[C@H]21. The number of nitrogens with one attached hydrogen (secondary N) is 2. The van der Waals surface area contributed by atoms with E-state index in [1.165, 1.54) is 80.2 Å². The summed E-state index contributed by atoms with van der Waals surface area (Å²) in [6, 6.07) is 6.67. The van der Waals surface area contributed by atoms with Crippen molar-refractivity contribution in [3.63, 3.8) is 0 Å². The van der Waals surface area contributed by atoms with Gasteiger partial charge in [0.1, 0.15) is 0 Å². The molecule has 6 N–H and O–H groups in total. The van der Waals surface area contributed by atoms with Gasteiger partial charge < -0.3 is 26.6 Å². The first-order valence-corrected chi connectivity index (χ1v) is 16.6. The predicted molar refractivity (Wildman–Crippen MR) is 169 cm³/mol. The molecule has 1 aromatic rings. The van der Waals surface area contributed by atoms with E-state index in [4.69, 9.17) is 10.8 Å². The number of amides is 1. The second-order valence-electron chi connectivity index (χ2n) is 12.9. The van der Waals surface area contributed by atoms with Crippen molar-refractivity contribution in [2.24, 2.45) is 11.7 Å². The van der Waals surface area contributed by atoms with Crippen LogP contribution in [0.5, 0.6) is 0 Å². The molecule has 2 aliphatic heterocycles. The Hall–Kier alpha value is -1.93. The van der Waals surface area contributed by atoms with E-state index in [0.29, 0.717) is 30.7 Å². The van der Waals surface area contributed by atoms with Crippen LogP contribution in [0.25, 0.3) is 5.57 Å². The third kappa shape index (κ3) is 9.28. The number of aliphatic hydroxyl groups is 2. The molecule has 230 valence electrons. The highest BCUT2D eigenvalue weighted by molar-refractivity contribution is 5.81. The molecule has 1 aliphatic carbocycles. The van der Waals surface area contributed by atoms with E-state index in [1.807, 2.05) is 0 Å². The van der Waals surface area contributed by atoms with Gasteiger partial charge in [0.05, 0.1) is 18.8 Å². The van der Waals surface area contributed by atoms with E-state index in [0.717, 1.165) is 45.3 Å². The number of hydrogen-bond donors (Lipinski definition) is 5. The Morgan fingerprint density at radius 2 is 1.71 bits per heavy atom. The van der Waals surface area contributed by atoms with E-state index in [2.05, 4.69) is 46.9 Å². The number of aliphatic hydroxyl groups excluding tert-OH is 2. The second kappa shape index (κ2) is 16.6. The lowest BCUT2D eigenvalue weighted by Crippen LogP contribution is -2.45. The second-order valence-corrected chi connectivity index (χ2v) is 12.9. The molecule has 4 rings (SSSR count). The molecule has 1 aromatic carbocycles. The first-order chi connectivity index (χ1) is 20.0. The number of unbranched alkanes of at least 4 members (excludes halogenated alkanes) is 11. The summed E-state index contributed by atoms with van der Waals surface area (Å²) in [6.45, 7) is 2.65. The standard InChI is InChI=1S/C34H56N4O3/c1-38-23-25(19-28-27-15-14-16-30-34(27)26(22-36-30)20-31(28)38)21-37-33(41)18-13-11-9-7-5-3-2-4-6-8-10-12-17-32(40)29(35)24-39/h14-16,19,25-26,29,31-32,36,39-40H,2-13,17-18,20-24,35H2,1H3,(H,37,41)/t25-,26?,29?,31+,32?/m0/s1. The number of fused-ring (bicyclic) bond motifs is 2. The van der Waals surface area contributed by atoms with Gasteiger partial charge >= 0.3 is 0 Å². The maximum Gasteiger partial charge on any atom is 0.220 e. The lowest BCUT2D eigenvalue weighted by Gasteiger charge is -2.42. The zero-order valence-corrected chi connectivity index (χ0v) is 25.5. The summed E-state index contributed by atoms with van der Waals surface area (Å²) in [5.41, 5.74) is 11.3. The highest BCUT2D eigenvalue weighted by Gasteiger charge is 2.39. The van der Waals surface area contributed by atoms with E-state index in [1.54, 1.807) is 0 Å². The predicted octanol–water partition coefficient (Wildman–Crippen LogP) is 5.17. The van der Waals surface area contributed by atoms with Gasteiger partial charge in [0, 0.05) is 49.6 Å². The Bertz CT molecular complexity index is 983. The summed E-state index contributed by atoms with van der Waals surface area (Å²) in [6.07, 6.45) is 18.8. The quantitative estimate of drug-likeness (QED) is 0.147. The molecule has 7 nitrogen and oxygen atoms in total. The van der Waals surface area contributed by atoms with Gasteiger partial charge in [-0.2, -0.15) is 0 Å². The summed E-state index contributed by atoms with van der Waals surface area (Å²) in [4.78, 5) is 15.0. The highest BCUT2D eigenvalue weighted by atomic mass is 16.3.